The van der Waals surface area contributed by atoms with E-state index in [2.05, 4.69) is 20.9 Å². The standard InChI is InChI=1S/C15H22BrNO3S/c1-4-15(13(18)19)6-5-10(7-9(15)2)14(3,20)12-17-8-11(16)21-12/h8-10,20H,4-7H2,1-3H3,(H,18,19)/t9-,10+,14-,15+/m1/s1. The third kappa shape index (κ3) is 2.90. The van der Waals surface area contributed by atoms with Crippen molar-refractivity contribution in [3.05, 3.63) is 15.0 Å². The van der Waals surface area contributed by atoms with Crippen LogP contribution in [0.25, 0.3) is 0 Å². The highest BCUT2D eigenvalue weighted by atomic mass is 79.9. The first-order valence-corrected chi connectivity index (χ1v) is 8.92. The fraction of sp³-hybridized carbons (Fsp3) is 0.733. The summed E-state index contributed by atoms with van der Waals surface area (Å²) in [5.74, 6) is -0.606. The van der Waals surface area contributed by atoms with Crippen LogP contribution in [0, 0.1) is 17.3 Å². The van der Waals surface area contributed by atoms with E-state index in [0.29, 0.717) is 30.7 Å². The fourth-order valence-corrected chi connectivity index (χ4v) is 4.95. The molecule has 1 heterocycles. The monoisotopic (exact) mass is 375 g/mol. The molecule has 6 heteroatoms. The van der Waals surface area contributed by atoms with E-state index in [-0.39, 0.29) is 11.8 Å². The van der Waals surface area contributed by atoms with Crippen LogP contribution in [0.2, 0.25) is 0 Å². The molecule has 118 valence electrons. The zero-order chi connectivity index (χ0) is 15.8. The van der Waals surface area contributed by atoms with E-state index in [4.69, 9.17) is 0 Å². The van der Waals surface area contributed by atoms with Gasteiger partial charge in [-0.1, -0.05) is 13.8 Å². The molecule has 0 aliphatic heterocycles. The molecule has 1 aliphatic carbocycles. The summed E-state index contributed by atoms with van der Waals surface area (Å²) in [6.07, 6.45) is 4.39. The van der Waals surface area contributed by atoms with Gasteiger partial charge in [0.05, 0.1) is 15.4 Å². The summed E-state index contributed by atoms with van der Waals surface area (Å²) in [6.45, 7) is 5.74. The van der Waals surface area contributed by atoms with Crippen LogP contribution in [0.15, 0.2) is 9.98 Å². The van der Waals surface area contributed by atoms with Crippen molar-refractivity contribution in [1.29, 1.82) is 0 Å². The van der Waals surface area contributed by atoms with Gasteiger partial charge >= 0.3 is 5.97 Å². The molecule has 1 aliphatic rings. The van der Waals surface area contributed by atoms with Crippen LogP contribution in [0.4, 0.5) is 0 Å². The first-order valence-electron chi connectivity index (χ1n) is 7.31. The van der Waals surface area contributed by atoms with Gasteiger partial charge in [-0.15, -0.1) is 11.3 Å². The summed E-state index contributed by atoms with van der Waals surface area (Å²) in [5.41, 5.74) is -1.64. The molecule has 1 saturated carbocycles. The molecule has 4 nitrogen and oxygen atoms in total. The maximum Gasteiger partial charge on any atom is 0.309 e. The van der Waals surface area contributed by atoms with Gasteiger partial charge in [0.1, 0.15) is 10.6 Å². The second kappa shape index (κ2) is 5.97. The number of carboxylic acids is 1. The van der Waals surface area contributed by atoms with Crippen LogP contribution in [0.5, 0.6) is 0 Å². The molecule has 2 N–H and O–H groups in total. The summed E-state index contributed by atoms with van der Waals surface area (Å²) in [6, 6.07) is 0. The van der Waals surface area contributed by atoms with E-state index in [1.54, 1.807) is 13.1 Å². The Balaban J connectivity index is 2.20. The van der Waals surface area contributed by atoms with Gasteiger partial charge in [-0.25, -0.2) is 4.98 Å². The van der Waals surface area contributed by atoms with Gasteiger partial charge in [-0.05, 0) is 60.4 Å². The van der Waals surface area contributed by atoms with Crippen LogP contribution in [0.1, 0.15) is 51.5 Å². The van der Waals surface area contributed by atoms with Gasteiger partial charge in [-0.2, -0.15) is 0 Å². The number of thiazole rings is 1. The van der Waals surface area contributed by atoms with Crippen molar-refractivity contribution in [2.45, 2.75) is 52.1 Å². The van der Waals surface area contributed by atoms with Crippen molar-refractivity contribution in [2.75, 3.05) is 0 Å². The third-order valence-corrected chi connectivity index (χ3v) is 6.99. The Morgan fingerprint density at radius 3 is 2.76 bits per heavy atom. The zero-order valence-corrected chi connectivity index (χ0v) is 15.0. The first kappa shape index (κ1) is 16.9. The Morgan fingerprint density at radius 2 is 2.33 bits per heavy atom. The molecule has 0 bridgehead atoms. The van der Waals surface area contributed by atoms with Gasteiger partial charge in [0, 0.05) is 0 Å². The van der Waals surface area contributed by atoms with E-state index < -0.39 is 17.0 Å². The maximum atomic E-state index is 11.7. The lowest BCUT2D eigenvalue weighted by Crippen LogP contribution is -2.45. The van der Waals surface area contributed by atoms with E-state index in [9.17, 15) is 15.0 Å². The molecule has 1 aromatic heterocycles. The number of nitrogens with zero attached hydrogens (tertiary/aromatic N) is 1. The summed E-state index contributed by atoms with van der Waals surface area (Å²) in [4.78, 5) is 16.0. The number of carboxylic acid groups (broad SMARTS) is 1. The number of rotatable bonds is 4. The van der Waals surface area contributed by atoms with Crippen molar-refractivity contribution in [1.82, 2.24) is 4.98 Å². The number of halogens is 1. The van der Waals surface area contributed by atoms with Crippen molar-refractivity contribution >= 4 is 33.2 Å². The minimum atomic E-state index is -0.997. The smallest absolute Gasteiger partial charge is 0.309 e. The van der Waals surface area contributed by atoms with Gasteiger partial charge in [0.25, 0.3) is 0 Å². The topological polar surface area (TPSA) is 70.4 Å². The number of hydrogen-bond acceptors (Lipinski definition) is 4. The van der Waals surface area contributed by atoms with Gasteiger partial charge in [0.15, 0.2) is 0 Å². The van der Waals surface area contributed by atoms with Crippen molar-refractivity contribution < 1.29 is 15.0 Å². The second-order valence-corrected chi connectivity index (χ2v) is 8.71. The fourth-order valence-electron chi connectivity index (χ4n) is 3.62. The van der Waals surface area contributed by atoms with Crippen LogP contribution in [-0.4, -0.2) is 21.2 Å². The predicted octanol–water partition coefficient (Wildman–Crippen LogP) is 4.03. The normalized spacial score (nSPS) is 32.6. The van der Waals surface area contributed by atoms with Crippen LogP contribution in [0.3, 0.4) is 0 Å². The Hall–Kier alpha value is -0.460. The highest BCUT2D eigenvalue weighted by molar-refractivity contribution is 9.11. The average Bonchev–Trinajstić information content (AvgIpc) is 2.86. The second-order valence-electron chi connectivity index (χ2n) is 6.30. The predicted molar refractivity (Wildman–Crippen MR) is 86.2 cm³/mol. The lowest BCUT2D eigenvalue weighted by molar-refractivity contribution is -0.159. The van der Waals surface area contributed by atoms with Crippen molar-refractivity contribution in [3.63, 3.8) is 0 Å². The van der Waals surface area contributed by atoms with Crippen LogP contribution >= 0.6 is 27.3 Å². The van der Waals surface area contributed by atoms with E-state index in [0.717, 1.165) is 3.79 Å². The molecular weight excluding hydrogens is 354 g/mol. The Bertz CT molecular complexity index is 531. The number of carbonyl (C=O) groups is 1. The molecular formula is C15H22BrNO3S. The Kier molecular flexibility index (Phi) is 4.81. The molecule has 0 spiro atoms. The van der Waals surface area contributed by atoms with Gasteiger partial charge in [-0.3, -0.25) is 4.79 Å². The highest BCUT2D eigenvalue weighted by Crippen LogP contribution is 2.51. The van der Waals surface area contributed by atoms with Gasteiger partial charge in [0.2, 0.25) is 0 Å². The summed E-state index contributed by atoms with van der Waals surface area (Å²) in [5, 5.41) is 21.2. The van der Waals surface area contributed by atoms with Crippen molar-refractivity contribution in [2.24, 2.45) is 17.3 Å². The van der Waals surface area contributed by atoms with Crippen LogP contribution < -0.4 is 0 Å². The molecule has 1 aromatic rings. The van der Waals surface area contributed by atoms with Crippen LogP contribution in [-0.2, 0) is 10.4 Å². The number of aromatic nitrogens is 1. The number of aliphatic hydroxyl groups is 1. The summed E-state index contributed by atoms with van der Waals surface area (Å²) in [7, 11) is 0. The molecule has 0 radical (unpaired) electrons. The maximum absolute atomic E-state index is 11.7. The summed E-state index contributed by atoms with van der Waals surface area (Å²) < 4.78 is 0.898. The van der Waals surface area contributed by atoms with Crippen molar-refractivity contribution in [3.8, 4) is 0 Å². The molecule has 0 unspecified atom stereocenters. The average molecular weight is 376 g/mol. The third-order valence-electron chi connectivity index (χ3n) is 5.28. The first-order chi connectivity index (χ1) is 9.74. The zero-order valence-electron chi connectivity index (χ0n) is 12.6. The number of hydrogen-bond donors (Lipinski definition) is 2. The number of aliphatic carboxylic acids is 1. The quantitative estimate of drug-likeness (QED) is 0.832. The molecule has 0 aromatic carbocycles. The SMILES string of the molecule is CC[C@]1(C(=O)O)CC[C@H]([C@@](C)(O)c2ncc(Br)s2)C[C@H]1C. The Labute approximate surface area is 137 Å². The molecule has 4 atom stereocenters. The lowest BCUT2D eigenvalue weighted by atomic mass is 9.60. The largest absolute Gasteiger partial charge is 0.481 e. The van der Waals surface area contributed by atoms with E-state index >= 15 is 0 Å². The molecule has 2 rings (SSSR count). The Morgan fingerprint density at radius 1 is 1.67 bits per heavy atom. The molecule has 21 heavy (non-hydrogen) atoms. The molecule has 1 fully saturated rings. The molecule has 0 saturated heterocycles. The minimum Gasteiger partial charge on any atom is -0.481 e. The minimum absolute atomic E-state index is 0.0459. The lowest BCUT2D eigenvalue weighted by Gasteiger charge is -2.45. The van der Waals surface area contributed by atoms with E-state index in [1.165, 1.54) is 11.3 Å². The highest BCUT2D eigenvalue weighted by Gasteiger charge is 2.50. The molecule has 0 amide bonds. The van der Waals surface area contributed by atoms with Gasteiger partial charge < -0.3 is 10.2 Å². The summed E-state index contributed by atoms with van der Waals surface area (Å²) >= 11 is 4.82. The van der Waals surface area contributed by atoms with E-state index in [1.807, 2.05) is 13.8 Å².